The van der Waals surface area contributed by atoms with Gasteiger partial charge in [-0.05, 0) is 67.3 Å². The van der Waals surface area contributed by atoms with E-state index in [1.165, 1.54) is 12.0 Å². The average molecular weight is 613 g/mol. The zero-order valence-corrected chi connectivity index (χ0v) is 25.1. The number of esters is 1. The van der Waals surface area contributed by atoms with Crippen molar-refractivity contribution in [2.24, 2.45) is 11.8 Å². The van der Waals surface area contributed by atoms with Gasteiger partial charge in [-0.1, -0.05) is 12.1 Å². The lowest BCUT2D eigenvalue weighted by atomic mass is 9.91. The summed E-state index contributed by atoms with van der Waals surface area (Å²) in [6.45, 7) is 1.23. The number of aromatic nitrogens is 1. The number of likely N-dealkylation sites (tertiary alicyclic amines) is 2. The second-order valence-corrected chi connectivity index (χ2v) is 11.3. The van der Waals surface area contributed by atoms with Crippen LogP contribution in [0.5, 0.6) is 5.75 Å². The summed E-state index contributed by atoms with van der Waals surface area (Å²) in [5, 5.41) is 12.1. The number of halogens is 1. The number of nitrogens with zero attached hydrogens (tertiary/aromatic N) is 3. The number of alkyl halides is 1. The van der Waals surface area contributed by atoms with Crippen LogP contribution in [-0.4, -0.2) is 90.3 Å². The predicted molar refractivity (Wildman–Crippen MR) is 160 cm³/mol. The van der Waals surface area contributed by atoms with Crippen LogP contribution < -0.4 is 10.1 Å². The van der Waals surface area contributed by atoms with Crippen molar-refractivity contribution in [1.82, 2.24) is 20.1 Å². The van der Waals surface area contributed by atoms with Crippen LogP contribution in [0.15, 0.2) is 42.7 Å². The third-order valence-corrected chi connectivity index (χ3v) is 8.39. The van der Waals surface area contributed by atoms with Gasteiger partial charge in [-0.2, -0.15) is 0 Å². The van der Waals surface area contributed by atoms with Gasteiger partial charge >= 0.3 is 12.1 Å². The maximum Gasteiger partial charge on any atom is 0.407 e. The quantitative estimate of drug-likeness (QED) is 0.340. The summed E-state index contributed by atoms with van der Waals surface area (Å²) >= 11 is 0. The molecular formula is C32H41FN4O7. The topological polar surface area (TPSA) is 138 Å². The molecule has 0 saturated carbocycles. The number of benzene rings is 1. The zero-order chi connectivity index (χ0) is 31.5. The number of ether oxygens (including phenoxy) is 2. The highest BCUT2D eigenvalue weighted by Crippen LogP contribution is 2.28. The highest BCUT2D eigenvalue weighted by molar-refractivity contribution is 5.82. The first-order chi connectivity index (χ1) is 21.3. The Hall–Kier alpha value is -4.22. The minimum atomic E-state index is -0.901. The normalized spacial score (nSPS) is 17.9. The minimum absolute atomic E-state index is 0.00361. The van der Waals surface area contributed by atoms with Crippen molar-refractivity contribution in [3.63, 3.8) is 0 Å². The maximum absolute atomic E-state index is 13.5. The zero-order valence-electron chi connectivity index (χ0n) is 25.1. The molecule has 2 aliphatic rings. The van der Waals surface area contributed by atoms with E-state index < -0.39 is 30.7 Å². The summed E-state index contributed by atoms with van der Waals surface area (Å²) in [4.78, 5) is 57.5. The fraction of sp³-hybridized carbons (Fsp3) is 0.531. The van der Waals surface area contributed by atoms with Crippen LogP contribution in [-0.2, 0) is 19.1 Å². The lowest BCUT2D eigenvalue weighted by molar-refractivity contribution is -0.141. The van der Waals surface area contributed by atoms with Gasteiger partial charge in [0.15, 0.2) is 0 Å². The van der Waals surface area contributed by atoms with Gasteiger partial charge in [0.25, 0.3) is 0 Å². The molecule has 3 amide bonds. The Balaban J connectivity index is 1.38. The van der Waals surface area contributed by atoms with Crippen molar-refractivity contribution in [3.05, 3.63) is 48.3 Å². The van der Waals surface area contributed by atoms with Crippen molar-refractivity contribution in [1.29, 1.82) is 0 Å². The molecule has 44 heavy (non-hydrogen) atoms. The first kappa shape index (κ1) is 32.7. The van der Waals surface area contributed by atoms with E-state index in [9.17, 15) is 23.6 Å². The van der Waals surface area contributed by atoms with Crippen LogP contribution in [0.25, 0.3) is 11.1 Å². The van der Waals surface area contributed by atoms with Gasteiger partial charge in [0, 0.05) is 50.6 Å². The SMILES string of the molecule is COC(=O)CC(NC(=O)[C@@H]1CCCN(C(=O)CCC2CCN(C(=O)O)CC2)C1)c1cncc(-c2cccc(OCCF)c2)c1. The van der Waals surface area contributed by atoms with Gasteiger partial charge in [0.05, 0.1) is 25.5 Å². The Morgan fingerprint density at radius 2 is 1.86 bits per heavy atom. The molecule has 2 atom stereocenters. The Morgan fingerprint density at radius 3 is 2.59 bits per heavy atom. The Bertz CT molecular complexity index is 1300. The smallest absolute Gasteiger partial charge is 0.407 e. The van der Waals surface area contributed by atoms with E-state index in [4.69, 9.17) is 14.6 Å². The molecule has 2 saturated heterocycles. The fourth-order valence-corrected chi connectivity index (χ4v) is 5.84. The van der Waals surface area contributed by atoms with Crippen LogP contribution in [0.2, 0.25) is 0 Å². The molecule has 0 bridgehead atoms. The van der Waals surface area contributed by atoms with Crippen LogP contribution in [0.3, 0.4) is 0 Å². The number of carbonyl (C=O) groups excluding carboxylic acids is 3. The molecule has 2 N–H and O–H groups in total. The van der Waals surface area contributed by atoms with E-state index in [1.54, 1.807) is 35.5 Å². The molecular weight excluding hydrogens is 571 g/mol. The standard InChI is InChI=1S/C32H41FN4O7/c1-43-30(39)18-28(26-16-25(19-34-20-26)23-4-2-6-27(17-23)44-15-11-33)35-31(40)24-5-3-12-37(21-24)29(38)8-7-22-9-13-36(14-10-22)32(41)42/h2,4,6,16-17,19-20,22,24,28H,3,5,7-15,18,21H2,1H3,(H,35,40)(H,41,42)/t24-,28?/m1/s1. The minimum Gasteiger partial charge on any atom is -0.491 e. The number of amides is 3. The van der Waals surface area contributed by atoms with Gasteiger partial charge in [-0.3, -0.25) is 19.4 Å². The number of hydrogen-bond donors (Lipinski definition) is 2. The van der Waals surface area contributed by atoms with E-state index in [0.29, 0.717) is 69.1 Å². The molecule has 1 aromatic carbocycles. The molecule has 2 aliphatic heterocycles. The highest BCUT2D eigenvalue weighted by atomic mass is 19.1. The van der Waals surface area contributed by atoms with E-state index in [-0.39, 0.29) is 24.8 Å². The molecule has 238 valence electrons. The van der Waals surface area contributed by atoms with E-state index in [1.807, 2.05) is 12.1 Å². The van der Waals surface area contributed by atoms with Gasteiger partial charge in [0.2, 0.25) is 11.8 Å². The van der Waals surface area contributed by atoms with Crippen LogP contribution in [0, 0.1) is 11.8 Å². The summed E-state index contributed by atoms with van der Waals surface area (Å²) < 4.78 is 22.9. The summed E-state index contributed by atoms with van der Waals surface area (Å²) in [7, 11) is 1.29. The van der Waals surface area contributed by atoms with Crippen molar-refractivity contribution in [2.45, 2.75) is 51.0 Å². The number of methoxy groups -OCH3 is 1. The lowest BCUT2D eigenvalue weighted by Gasteiger charge is -2.34. The van der Waals surface area contributed by atoms with Crippen LogP contribution >= 0.6 is 0 Å². The van der Waals surface area contributed by atoms with Crippen molar-refractivity contribution >= 4 is 23.9 Å². The maximum atomic E-state index is 13.5. The number of carboxylic acid groups (broad SMARTS) is 1. The van der Waals surface area contributed by atoms with Gasteiger partial charge in [0.1, 0.15) is 19.0 Å². The molecule has 0 aliphatic carbocycles. The molecule has 3 heterocycles. The number of nitrogens with one attached hydrogen (secondary N) is 1. The van der Waals surface area contributed by atoms with Gasteiger partial charge < -0.3 is 29.7 Å². The Morgan fingerprint density at radius 1 is 1.07 bits per heavy atom. The number of rotatable bonds is 12. The lowest BCUT2D eigenvalue weighted by Crippen LogP contribution is -2.46. The molecule has 1 unspecified atom stereocenters. The molecule has 2 aromatic rings. The molecule has 0 radical (unpaired) electrons. The fourth-order valence-electron chi connectivity index (χ4n) is 5.84. The first-order valence-electron chi connectivity index (χ1n) is 15.1. The van der Waals surface area contributed by atoms with E-state index >= 15 is 0 Å². The van der Waals surface area contributed by atoms with Crippen molar-refractivity contribution in [2.75, 3.05) is 46.6 Å². The summed E-state index contributed by atoms with van der Waals surface area (Å²) in [6.07, 6.45) is 6.15. The third-order valence-electron chi connectivity index (χ3n) is 8.39. The predicted octanol–water partition coefficient (Wildman–Crippen LogP) is 4.23. The summed E-state index contributed by atoms with van der Waals surface area (Å²) in [5.41, 5.74) is 2.14. The number of piperidine rings is 2. The van der Waals surface area contributed by atoms with Gasteiger partial charge in [-0.15, -0.1) is 0 Å². The third kappa shape index (κ3) is 9.14. The molecule has 12 heteroatoms. The number of carbonyl (C=O) groups is 4. The number of pyridine rings is 1. The average Bonchev–Trinajstić information content (AvgIpc) is 3.06. The van der Waals surface area contributed by atoms with E-state index in [2.05, 4.69) is 10.3 Å². The van der Waals surface area contributed by atoms with Gasteiger partial charge in [-0.25, -0.2) is 9.18 Å². The summed E-state index contributed by atoms with van der Waals surface area (Å²) in [5.74, 6) is -0.325. The largest absolute Gasteiger partial charge is 0.491 e. The Kier molecular flexibility index (Phi) is 11.9. The first-order valence-corrected chi connectivity index (χ1v) is 15.1. The second-order valence-electron chi connectivity index (χ2n) is 11.3. The van der Waals surface area contributed by atoms with Crippen LogP contribution in [0.4, 0.5) is 9.18 Å². The van der Waals surface area contributed by atoms with Crippen molar-refractivity contribution < 1.29 is 38.1 Å². The summed E-state index contributed by atoms with van der Waals surface area (Å²) in [6, 6.07) is 8.31. The number of hydrogen-bond acceptors (Lipinski definition) is 7. The molecule has 0 spiro atoms. The monoisotopic (exact) mass is 612 g/mol. The van der Waals surface area contributed by atoms with Crippen molar-refractivity contribution in [3.8, 4) is 16.9 Å². The second kappa shape index (κ2) is 16.0. The molecule has 1 aromatic heterocycles. The highest BCUT2D eigenvalue weighted by Gasteiger charge is 2.31. The van der Waals surface area contributed by atoms with Crippen LogP contribution in [0.1, 0.15) is 56.6 Å². The molecule has 11 nitrogen and oxygen atoms in total. The molecule has 2 fully saturated rings. The Labute approximate surface area is 256 Å². The molecule has 4 rings (SSSR count). The van der Waals surface area contributed by atoms with E-state index in [0.717, 1.165) is 24.0 Å².